The number of esters is 1. The molecule has 1 atom stereocenters. The van der Waals surface area contributed by atoms with Crippen LogP contribution in [-0.2, 0) is 16.1 Å². The topological polar surface area (TPSA) is 65.0 Å². The molecule has 0 aromatic heterocycles. The Hall–Kier alpha value is -3.47. The van der Waals surface area contributed by atoms with Gasteiger partial charge < -0.3 is 19.3 Å². The number of hydrogen-bond acceptors (Lipinski definition) is 5. The van der Waals surface area contributed by atoms with Gasteiger partial charge in [0, 0.05) is 17.5 Å². The SMILES string of the molecule is COC(=O)C[C@@H]1COc2cc(OCc3cccc(-c4ccc(O)cc4C4CC4)c3)ccc21. The minimum Gasteiger partial charge on any atom is -0.508 e. The zero-order valence-corrected chi connectivity index (χ0v) is 18.0. The smallest absolute Gasteiger partial charge is 0.306 e. The van der Waals surface area contributed by atoms with E-state index >= 15 is 0 Å². The van der Waals surface area contributed by atoms with Gasteiger partial charge in [0.15, 0.2) is 0 Å². The lowest BCUT2D eigenvalue weighted by Crippen LogP contribution is -2.09. The second-order valence-corrected chi connectivity index (χ2v) is 8.52. The summed E-state index contributed by atoms with van der Waals surface area (Å²) in [6, 6.07) is 19.8. The molecule has 3 aromatic carbocycles. The van der Waals surface area contributed by atoms with Crippen molar-refractivity contribution in [2.45, 2.75) is 37.7 Å². The van der Waals surface area contributed by atoms with Crippen LogP contribution in [-0.4, -0.2) is 24.8 Å². The third kappa shape index (κ3) is 4.28. The Morgan fingerprint density at radius 1 is 1.06 bits per heavy atom. The van der Waals surface area contributed by atoms with E-state index in [4.69, 9.17) is 14.2 Å². The molecule has 5 nitrogen and oxygen atoms in total. The maximum atomic E-state index is 11.6. The molecule has 0 saturated heterocycles. The van der Waals surface area contributed by atoms with E-state index < -0.39 is 0 Å². The van der Waals surface area contributed by atoms with E-state index in [0.29, 0.717) is 31.3 Å². The molecular formula is C27H26O5. The molecule has 0 spiro atoms. The van der Waals surface area contributed by atoms with Gasteiger partial charge in [-0.3, -0.25) is 4.79 Å². The molecule has 1 aliphatic carbocycles. The van der Waals surface area contributed by atoms with Crippen LogP contribution in [0.4, 0.5) is 0 Å². The Kier molecular flexibility index (Phi) is 5.48. The molecular weight excluding hydrogens is 404 g/mol. The van der Waals surface area contributed by atoms with E-state index in [9.17, 15) is 9.90 Å². The highest BCUT2D eigenvalue weighted by atomic mass is 16.5. The second-order valence-electron chi connectivity index (χ2n) is 8.52. The summed E-state index contributed by atoms with van der Waals surface area (Å²) in [5, 5.41) is 9.91. The number of fused-ring (bicyclic) bond motifs is 1. The minimum absolute atomic E-state index is 0.0224. The van der Waals surface area contributed by atoms with Crippen LogP contribution in [0.2, 0.25) is 0 Å². The van der Waals surface area contributed by atoms with Gasteiger partial charge >= 0.3 is 5.97 Å². The van der Waals surface area contributed by atoms with Crippen molar-refractivity contribution in [3.63, 3.8) is 0 Å². The number of carbonyl (C=O) groups is 1. The Labute approximate surface area is 187 Å². The number of methoxy groups -OCH3 is 1. The van der Waals surface area contributed by atoms with Crippen molar-refractivity contribution in [2.75, 3.05) is 13.7 Å². The summed E-state index contributed by atoms with van der Waals surface area (Å²) in [5.74, 6) is 2.16. The number of phenols is 1. The molecule has 1 saturated carbocycles. The van der Waals surface area contributed by atoms with Gasteiger partial charge in [0.2, 0.25) is 0 Å². The van der Waals surface area contributed by atoms with Gasteiger partial charge in [-0.2, -0.15) is 0 Å². The average molecular weight is 431 g/mol. The third-order valence-electron chi connectivity index (χ3n) is 6.20. The Morgan fingerprint density at radius 2 is 1.94 bits per heavy atom. The quantitative estimate of drug-likeness (QED) is 0.498. The van der Waals surface area contributed by atoms with Crippen molar-refractivity contribution >= 4 is 5.97 Å². The molecule has 1 fully saturated rings. The van der Waals surface area contributed by atoms with Crippen molar-refractivity contribution in [2.24, 2.45) is 0 Å². The fraction of sp³-hybridized carbons (Fsp3) is 0.296. The highest BCUT2D eigenvalue weighted by molar-refractivity contribution is 5.71. The summed E-state index contributed by atoms with van der Waals surface area (Å²) in [6.45, 7) is 0.918. The third-order valence-corrected chi connectivity index (χ3v) is 6.20. The van der Waals surface area contributed by atoms with Gasteiger partial charge in [0.25, 0.3) is 0 Å². The summed E-state index contributed by atoms with van der Waals surface area (Å²) in [5.41, 5.74) is 5.62. The minimum atomic E-state index is -0.231. The summed E-state index contributed by atoms with van der Waals surface area (Å²) in [4.78, 5) is 11.6. The van der Waals surface area contributed by atoms with Crippen LogP contribution in [0, 0.1) is 0 Å². The summed E-state index contributed by atoms with van der Waals surface area (Å²) in [7, 11) is 1.40. The lowest BCUT2D eigenvalue weighted by molar-refractivity contribution is -0.141. The first kappa shape index (κ1) is 20.4. The normalized spacial score (nSPS) is 16.8. The lowest BCUT2D eigenvalue weighted by Gasteiger charge is -2.12. The number of hydrogen-bond donors (Lipinski definition) is 1. The molecule has 0 amide bonds. The van der Waals surface area contributed by atoms with Gasteiger partial charge in [0.1, 0.15) is 23.9 Å². The molecule has 0 bridgehead atoms. The lowest BCUT2D eigenvalue weighted by atomic mass is 9.95. The molecule has 2 aliphatic rings. The van der Waals surface area contributed by atoms with Crippen molar-refractivity contribution in [1.82, 2.24) is 0 Å². The van der Waals surface area contributed by atoms with Crippen LogP contribution in [0.5, 0.6) is 17.2 Å². The van der Waals surface area contributed by atoms with Gasteiger partial charge in [-0.15, -0.1) is 0 Å². The Morgan fingerprint density at radius 3 is 2.75 bits per heavy atom. The number of aromatic hydroxyl groups is 1. The number of carbonyl (C=O) groups excluding carboxylic acids is 1. The fourth-order valence-corrected chi connectivity index (χ4v) is 4.34. The van der Waals surface area contributed by atoms with Gasteiger partial charge in [-0.05, 0) is 65.3 Å². The van der Waals surface area contributed by atoms with Crippen LogP contribution >= 0.6 is 0 Å². The second kappa shape index (κ2) is 8.58. The van der Waals surface area contributed by atoms with E-state index in [2.05, 4.69) is 18.2 Å². The van der Waals surface area contributed by atoms with Crippen molar-refractivity contribution in [3.8, 4) is 28.4 Å². The first-order valence-corrected chi connectivity index (χ1v) is 11.0. The van der Waals surface area contributed by atoms with Crippen molar-refractivity contribution in [3.05, 3.63) is 77.4 Å². The predicted octanol–water partition coefficient (Wildman–Crippen LogP) is 5.55. The summed E-state index contributed by atoms with van der Waals surface area (Å²) in [6.07, 6.45) is 2.68. The monoisotopic (exact) mass is 430 g/mol. The molecule has 1 heterocycles. The van der Waals surface area contributed by atoms with Gasteiger partial charge in [-0.25, -0.2) is 0 Å². The maximum Gasteiger partial charge on any atom is 0.306 e. The largest absolute Gasteiger partial charge is 0.508 e. The molecule has 1 aliphatic heterocycles. The van der Waals surface area contributed by atoms with Crippen LogP contribution in [0.15, 0.2) is 60.7 Å². The summed E-state index contributed by atoms with van der Waals surface area (Å²) >= 11 is 0. The van der Waals surface area contributed by atoms with E-state index in [1.165, 1.54) is 31.1 Å². The van der Waals surface area contributed by atoms with Crippen LogP contribution in [0.1, 0.15) is 47.8 Å². The predicted molar refractivity (Wildman–Crippen MR) is 121 cm³/mol. The first-order chi connectivity index (χ1) is 15.6. The highest BCUT2D eigenvalue weighted by Gasteiger charge is 2.28. The molecule has 0 radical (unpaired) electrons. The Bertz CT molecular complexity index is 1150. The fourth-order valence-electron chi connectivity index (χ4n) is 4.34. The highest BCUT2D eigenvalue weighted by Crippen LogP contribution is 2.45. The molecule has 1 N–H and O–H groups in total. The van der Waals surface area contributed by atoms with Crippen LogP contribution in [0.25, 0.3) is 11.1 Å². The molecule has 164 valence electrons. The first-order valence-electron chi connectivity index (χ1n) is 11.0. The molecule has 3 aromatic rings. The number of phenolic OH excluding ortho intramolecular Hbond substituents is 1. The van der Waals surface area contributed by atoms with E-state index in [0.717, 1.165) is 28.2 Å². The van der Waals surface area contributed by atoms with Crippen molar-refractivity contribution < 1.29 is 24.1 Å². The van der Waals surface area contributed by atoms with Crippen molar-refractivity contribution in [1.29, 1.82) is 0 Å². The summed E-state index contributed by atoms with van der Waals surface area (Å²) < 4.78 is 16.6. The molecule has 0 unspecified atom stereocenters. The van der Waals surface area contributed by atoms with E-state index in [1.54, 1.807) is 6.07 Å². The zero-order valence-electron chi connectivity index (χ0n) is 18.0. The Balaban J connectivity index is 1.29. The maximum absolute atomic E-state index is 11.6. The van der Waals surface area contributed by atoms with Gasteiger partial charge in [0.05, 0.1) is 20.1 Å². The number of benzene rings is 3. The molecule has 5 rings (SSSR count). The van der Waals surface area contributed by atoms with E-state index in [-0.39, 0.29) is 11.9 Å². The average Bonchev–Trinajstić information content (AvgIpc) is 3.59. The molecule has 32 heavy (non-hydrogen) atoms. The standard InChI is InChI=1S/C27H26O5/c1-30-27(29)12-20-16-32-26-14-22(8-10-24(20)26)31-15-17-3-2-4-19(11-17)23-9-7-21(28)13-25(23)18-5-6-18/h2-4,7-11,13-14,18,20,28H,5-6,12,15-16H2,1H3/t20-/m1/s1. The van der Waals surface area contributed by atoms with Crippen LogP contribution < -0.4 is 9.47 Å². The molecule has 5 heteroatoms. The van der Waals surface area contributed by atoms with Crippen LogP contribution in [0.3, 0.4) is 0 Å². The van der Waals surface area contributed by atoms with E-state index in [1.807, 2.05) is 36.4 Å². The number of rotatable bonds is 7. The van der Waals surface area contributed by atoms with Gasteiger partial charge in [-0.1, -0.05) is 30.3 Å². The number of ether oxygens (including phenoxy) is 3. The zero-order chi connectivity index (χ0) is 22.1.